The van der Waals surface area contributed by atoms with E-state index in [2.05, 4.69) is 5.32 Å². The van der Waals surface area contributed by atoms with Gasteiger partial charge in [0.15, 0.2) is 0 Å². The van der Waals surface area contributed by atoms with Crippen LogP contribution in [-0.4, -0.2) is 5.11 Å². The molecule has 0 bridgehead atoms. The van der Waals surface area contributed by atoms with Gasteiger partial charge in [-0.15, -0.1) is 0 Å². The van der Waals surface area contributed by atoms with Crippen molar-refractivity contribution >= 4 is 28.9 Å². The van der Waals surface area contributed by atoms with Gasteiger partial charge in [-0.25, -0.2) is 0 Å². The van der Waals surface area contributed by atoms with Crippen LogP contribution in [0.4, 0.5) is 5.69 Å². The number of anilines is 1. The highest BCUT2D eigenvalue weighted by atomic mass is 35.5. The third kappa shape index (κ3) is 2.71. The minimum atomic E-state index is 0.308. The SMILES string of the molecule is Cc1cccc(CNc2cccc(Cl)c2Cl)c1O. The van der Waals surface area contributed by atoms with Crippen LogP contribution in [0.25, 0.3) is 0 Å². The molecule has 94 valence electrons. The van der Waals surface area contributed by atoms with Crippen LogP contribution in [0.3, 0.4) is 0 Å². The van der Waals surface area contributed by atoms with Crippen LogP contribution < -0.4 is 5.32 Å². The highest BCUT2D eigenvalue weighted by Crippen LogP contribution is 2.30. The van der Waals surface area contributed by atoms with E-state index >= 15 is 0 Å². The number of benzene rings is 2. The van der Waals surface area contributed by atoms with E-state index in [1.54, 1.807) is 6.07 Å². The van der Waals surface area contributed by atoms with Crippen LogP contribution in [0.5, 0.6) is 5.75 Å². The lowest BCUT2D eigenvalue weighted by Gasteiger charge is -2.11. The molecule has 0 atom stereocenters. The van der Waals surface area contributed by atoms with Crippen molar-refractivity contribution in [1.82, 2.24) is 0 Å². The molecule has 0 aromatic heterocycles. The Balaban J connectivity index is 2.17. The number of para-hydroxylation sites is 1. The Hall–Kier alpha value is -1.38. The van der Waals surface area contributed by atoms with Crippen molar-refractivity contribution in [3.63, 3.8) is 0 Å². The smallest absolute Gasteiger partial charge is 0.123 e. The quantitative estimate of drug-likeness (QED) is 0.861. The molecule has 0 spiro atoms. The summed E-state index contributed by atoms with van der Waals surface area (Å²) in [7, 11) is 0. The predicted molar refractivity (Wildman–Crippen MR) is 76.6 cm³/mol. The molecule has 0 unspecified atom stereocenters. The Labute approximate surface area is 116 Å². The van der Waals surface area contributed by atoms with E-state index in [9.17, 15) is 5.11 Å². The van der Waals surface area contributed by atoms with Crippen molar-refractivity contribution in [3.8, 4) is 5.75 Å². The molecule has 2 aromatic rings. The molecule has 0 aliphatic rings. The van der Waals surface area contributed by atoms with Crippen molar-refractivity contribution < 1.29 is 5.11 Å². The molecule has 2 rings (SSSR count). The van der Waals surface area contributed by atoms with Gasteiger partial charge in [-0.3, -0.25) is 0 Å². The van der Waals surface area contributed by atoms with Crippen molar-refractivity contribution in [2.75, 3.05) is 5.32 Å². The molecule has 0 saturated heterocycles. The van der Waals surface area contributed by atoms with Gasteiger partial charge in [-0.05, 0) is 24.6 Å². The van der Waals surface area contributed by atoms with Gasteiger partial charge in [0.05, 0.1) is 15.7 Å². The molecule has 0 amide bonds. The number of phenolic OH excluding ortho intramolecular Hbond substituents is 1. The summed E-state index contributed by atoms with van der Waals surface area (Å²) < 4.78 is 0. The molecule has 0 aliphatic heterocycles. The monoisotopic (exact) mass is 281 g/mol. The topological polar surface area (TPSA) is 32.3 Å². The zero-order valence-corrected chi connectivity index (χ0v) is 11.4. The zero-order valence-electron chi connectivity index (χ0n) is 9.87. The Kier molecular flexibility index (Phi) is 4.00. The maximum atomic E-state index is 9.90. The molecule has 0 fully saturated rings. The first-order valence-corrected chi connectivity index (χ1v) is 6.30. The van der Waals surface area contributed by atoms with Gasteiger partial charge < -0.3 is 10.4 Å². The van der Waals surface area contributed by atoms with Gasteiger partial charge >= 0.3 is 0 Å². The molecule has 0 saturated carbocycles. The van der Waals surface area contributed by atoms with Crippen molar-refractivity contribution in [1.29, 1.82) is 0 Å². The molecule has 4 heteroatoms. The van der Waals surface area contributed by atoms with E-state index in [4.69, 9.17) is 23.2 Å². The molecule has 18 heavy (non-hydrogen) atoms. The first-order valence-electron chi connectivity index (χ1n) is 5.55. The fourth-order valence-electron chi connectivity index (χ4n) is 1.69. The summed E-state index contributed by atoms with van der Waals surface area (Å²) in [6.07, 6.45) is 0. The minimum Gasteiger partial charge on any atom is -0.507 e. The second kappa shape index (κ2) is 5.51. The lowest BCUT2D eigenvalue weighted by atomic mass is 10.1. The molecular formula is C14H13Cl2NO. The Morgan fingerprint density at radius 3 is 2.61 bits per heavy atom. The average molecular weight is 282 g/mol. The second-order valence-corrected chi connectivity index (χ2v) is 4.82. The first-order chi connectivity index (χ1) is 8.59. The molecule has 0 heterocycles. The number of hydrogen-bond acceptors (Lipinski definition) is 2. The maximum Gasteiger partial charge on any atom is 0.123 e. The van der Waals surface area contributed by atoms with Crippen molar-refractivity contribution in [2.45, 2.75) is 13.5 Å². The standard InChI is InChI=1S/C14H13Cl2NO/c1-9-4-2-5-10(14(9)18)8-17-12-7-3-6-11(15)13(12)16/h2-7,17-18H,8H2,1H3. The number of halogens is 2. The summed E-state index contributed by atoms with van der Waals surface area (Å²) in [6, 6.07) is 11.1. The normalized spacial score (nSPS) is 10.4. The van der Waals surface area contributed by atoms with E-state index in [-0.39, 0.29) is 0 Å². The predicted octanol–water partition coefficient (Wildman–Crippen LogP) is 4.62. The summed E-state index contributed by atoms with van der Waals surface area (Å²) >= 11 is 12.0. The number of rotatable bonds is 3. The van der Waals surface area contributed by atoms with Crippen LogP contribution in [0.1, 0.15) is 11.1 Å². The number of hydrogen-bond donors (Lipinski definition) is 2. The molecule has 0 radical (unpaired) electrons. The van der Waals surface area contributed by atoms with Crippen LogP contribution in [0, 0.1) is 6.92 Å². The highest BCUT2D eigenvalue weighted by molar-refractivity contribution is 6.43. The maximum absolute atomic E-state index is 9.90. The highest BCUT2D eigenvalue weighted by Gasteiger charge is 2.06. The lowest BCUT2D eigenvalue weighted by Crippen LogP contribution is -2.00. The largest absolute Gasteiger partial charge is 0.507 e. The van der Waals surface area contributed by atoms with Crippen molar-refractivity contribution in [2.24, 2.45) is 0 Å². The Morgan fingerprint density at radius 1 is 1.11 bits per heavy atom. The molecule has 2 N–H and O–H groups in total. The third-order valence-electron chi connectivity index (χ3n) is 2.74. The van der Waals surface area contributed by atoms with E-state index in [1.165, 1.54) is 0 Å². The number of aryl methyl sites for hydroxylation is 1. The van der Waals surface area contributed by atoms with E-state index in [0.717, 1.165) is 16.8 Å². The number of phenols is 1. The van der Waals surface area contributed by atoms with Crippen LogP contribution in [0.2, 0.25) is 10.0 Å². The zero-order chi connectivity index (χ0) is 13.1. The Morgan fingerprint density at radius 2 is 1.83 bits per heavy atom. The average Bonchev–Trinajstić information content (AvgIpc) is 2.36. The molecular weight excluding hydrogens is 269 g/mol. The minimum absolute atomic E-state index is 0.308. The lowest BCUT2D eigenvalue weighted by molar-refractivity contribution is 0.465. The molecule has 2 aromatic carbocycles. The van der Waals surface area contributed by atoms with Gasteiger partial charge in [0, 0.05) is 12.1 Å². The number of nitrogens with one attached hydrogen (secondary N) is 1. The first kappa shape index (κ1) is 13.1. The van der Waals surface area contributed by atoms with Gasteiger partial charge in [0.1, 0.15) is 5.75 Å². The van der Waals surface area contributed by atoms with Gasteiger partial charge in [-0.1, -0.05) is 47.5 Å². The summed E-state index contributed by atoms with van der Waals surface area (Å²) in [5.74, 6) is 0.308. The van der Waals surface area contributed by atoms with Gasteiger partial charge in [0.2, 0.25) is 0 Å². The summed E-state index contributed by atoms with van der Waals surface area (Å²) in [4.78, 5) is 0. The van der Waals surface area contributed by atoms with E-state index in [0.29, 0.717) is 22.3 Å². The fourth-order valence-corrected chi connectivity index (χ4v) is 2.06. The Bertz CT molecular complexity index is 518. The van der Waals surface area contributed by atoms with E-state index in [1.807, 2.05) is 37.3 Å². The molecule has 2 nitrogen and oxygen atoms in total. The summed E-state index contributed by atoms with van der Waals surface area (Å²) in [5, 5.41) is 14.1. The van der Waals surface area contributed by atoms with Crippen molar-refractivity contribution in [3.05, 3.63) is 57.6 Å². The van der Waals surface area contributed by atoms with Crippen LogP contribution >= 0.6 is 23.2 Å². The van der Waals surface area contributed by atoms with Crippen LogP contribution in [0.15, 0.2) is 36.4 Å². The summed E-state index contributed by atoms with van der Waals surface area (Å²) in [6.45, 7) is 2.36. The second-order valence-electron chi connectivity index (χ2n) is 4.04. The van der Waals surface area contributed by atoms with Gasteiger partial charge in [0.25, 0.3) is 0 Å². The fraction of sp³-hybridized carbons (Fsp3) is 0.143. The van der Waals surface area contributed by atoms with Crippen LogP contribution in [-0.2, 0) is 6.54 Å². The summed E-state index contributed by atoms with van der Waals surface area (Å²) in [5.41, 5.74) is 2.43. The number of aromatic hydroxyl groups is 1. The van der Waals surface area contributed by atoms with Gasteiger partial charge in [-0.2, -0.15) is 0 Å². The van der Waals surface area contributed by atoms with E-state index < -0.39 is 0 Å². The third-order valence-corrected chi connectivity index (χ3v) is 3.56. The molecule has 0 aliphatic carbocycles.